The topological polar surface area (TPSA) is 128 Å². The molecule has 5 rings (SSSR count). The van der Waals surface area contributed by atoms with Crippen LogP contribution in [0.5, 0.6) is 0 Å². The van der Waals surface area contributed by atoms with Gasteiger partial charge in [0.05, 0.1) is 25.0 Å². The molecule has 2 aromatic carbocycles. The van der Waals surface area contributed by atoms with Gasteiger partial charge in [-0.05, 0) is 54.6 Å². The lowest BCUT2D eigenvalue weighted by atomic mass is 10.2. The van der Waals surface area contributed by atoms with E-state index in [1.54, 1.807) is 65.6 Å². The van der Waals surface area contributed by atoms with Crippen LogP contribution in [0.15, 0.2) is 87.7 Å². The highest BCUT2D eigenvalue weighted by Crippen LogP contribution is 2.29. The first-order valence-electron chi connectivity index (χ1n) is 10.6. The van der Waals surface area contributed by atoms with Gasteiger partial charge in [0.15, 0.2) is 0 Å². The standard InChI is InChI=1S/C24H21N5O4S2/c25-22-20-12-13-33-24(20)27-15-29(22)18-8-6-17(7-9-18)28-35(31,32)21-11-10-19(34-21)14-26-23(30)16-4-2-1-3-5-16/h1-13,25,27-28H,14-15H2,(H,26,30). The van der Waals surface area contributed by atoms with Crippen molar-refractivity contribution in [2.45, 2.75) is 10.8 Å². The minimum Gasteiger partial charge on any atom is -0.448 e. The molecule has 4 aromatic rings. The average molecular weight is 508 g/mol. The number of carbonyl (C=O) groups excluding carboxylic acids is 1. The summed E-state index contributed by atoms with van der Waals surface area (Å²) in [5, 5.41) is 14.3. The molecule has 1 amide bonds. The van der Waals surface area contributed by atoms with Crippen molar-refractivity contribution < 1.29 is 17.6 Å². The van der Waals surface area contributed by atoms with Crippen LogP contribution in [0, 0.1) is 5.41 Å². The summed E-state index contributed by atoms with van der Waals surface area (Å²) >= 11 is 1.10. The molecule has 2 aromatic heterocycles. The smallest absolute Gasteiger partial charge is 0.271 e. The maximum absolute atomic E-state index is 12.9. The van der Waals surface area contributed by atoms with Crippen molar-refractivity contribution in [3.63, 3.8) is 0 Å². The Morgan fingerprint density at radius 2 is 1.83 bits per heavy atom. The molecule has 11 heteroatoms. The van der Waals surface area contributed by atoms with Crippen molar-refractivity contribution in [2.24, 2.45) is 0 Å². The van der Waals surface area contributed by atoms with Crippen molar-refractivity contribution in [2.75, 3.05) is 21.6 Å². The number of thiophene rings is 1. The van der Waals surface area contributed by atoms with E-state index >= 15 is 0 Å². The molecule has 0 bridgehead atoms. The molecule has 1 aliphatic rings. The molecule has 0 radical (unpaired) electrons. The fourth-order valence-corrected chi connectivity index (χ4v) is 5.95. The first kappa shape index (κ1) is 22.7. The van der Waals surface area contributed by atoms with E-state index in [9.17, 15) is 13.2 Å². The maximum Gasteiger partial charge on any atom is 0.271 e. The van der Waals surface area contributed by atoms with Gasteiger partial charge in [-0.15, -0.1) is 11.3 Å². The van der Waals surface area contributed by atoms with E-state index in [1.807, 2.05) is 6.07 Å². The van der Waals surface area contributed by atoms with Crippen LogP contribution in [0.1, 0.15) is 20.8 Å². The second-order valence-electron chi connectivity index (χ2n) is 7.70. The zero-order valence-electron chi connectivity index (χ0n) is 18.3. The van der Waals surface area contributed by atoms with Gasteiger partial charge in [-0.3, -0.25) is 14.9 Å². The fraction of sp³-hybridized carbons (Fsp3) is 0.0833. The summed E-state index contributed by atoms with van der Waals surface area (Å²) in [6.45, 7) is 0.597. The minimum atomic E-state index is -3.79. The van der Waals surface area contributed by atoms with Crippen LogP contribution in [0.3, 0.4) is 0 Å². The Hall–Kier alpha value is -4.09. The predicted molar refractivity (Wildman–Crippen MR) is 136 cm³/mol. The molecule has 178 valence electrons. The normalized spacial score (nSPS) is 13.1. The van der Waals surface area contributed by atoms with Gasteiger partial charge in [-0.25, -0.2) is 8.42 Å². The Morgan fingerprint density at radius 1 is 1.06 bits per heavy atom. The van der Waals surface area contributed by atoms with Crippen molar-refractivity contribution >= 4 is 50.4 Å². The average Bonchev–Trinajstić information content (AvgIpc) is 3.55. The number of hydrogen-bond donors (Lipinski definition) is 4. The van der Waals surface area contributed by atoms with Crippen LogP contribution < -0.4 is 20.3 Å². The summed E-state index contributed by atoms with van der Waals surface area (Å²) in [5.41, 5.74) is 2.35. The molecule has 0 aliphatic carbocycles. The van der Waals surface area contributed by atoms with Gasteiger partial charge in [0, 0.05) is 21.8 Å². The number of benzene rings is 2. The minimum absolute atomic E-state index is 0.153. The summed E-state index contributed by atoms with van der Waals surface area (Å²) in [5.74, 6) is 0.638. The van der Waals surface area contributed by atoms with Gasteiger partial charge in [0.1, 0.15) is 10.0 Å². The van der Waals surface area contributed by atoms with Crippen LogP contribution in [0.25, 0.3) is 0 Å². The third kappa shape index (κ3) is 4.77. The lowest BCUT2D eigenvalue weighted by Crippen LogP contribution is -2.39. The van der Waals surface area contributed by atoms with E-state index in [1.165, 1.54) is 12.3 Å². The van der Waals surface area contributed by atoms with E-state index in [2.05, 4.69) is 15.4 Å². The monoisotopic (exact) mass is 507 g/mol. The number of hydrogen-bond acceptors (Lipinski definition) is 7. The Bertz CT molecular complexity index is 1480. The highest BCUT2D eigenvalue weighted by molar-refractivity contribution is 7.94. The van der Waals surface area contributed by atoms with Gasteiger partial charge in [0.2, 0.25) is 5.88 Å². The molecule has 35 heavy (non-hydrogen) atoms. The fourth-order valence-electron chi connectivity index (χ4n) is 3.60. The first-order chi connectivity index (χ1) is 16.9. The molecule has 1 aliphatic heterocycles. The number of nitrogens with one attached hydrogen (secondary N) is 4. The number of anilines is 3. The number of furan rings is 1. The van der Waals surface area contributed by atoms with Crippen LogP contribution in [0.2, 0.25) is 0 Å². The van der Waals surface area contributed by atoms with Crippen molar-refractivity contribution in [3.05, 3.63) is 95.1 Å². The molecule has 0 fully saturated rings. The lowest BCUT2D eigenvalue weighted by molar-refractivity contribution is 0.0951. The molecule has 4 N–H and O–H groups in total. The number of fused-ring (bicyclic) bond motifs is 1. The Morgan fingerprint density at radius 3 is 2.60 bits per heavy atom. The van der Waals surface area contributed by atoms with Crippen LogP contribution in [-0.4, -0.2) is 26.8 Å². The molecule has 3 heterocycles. The number of nitrogens with zero attached hydrogens (tertiary/aromatic N) is 1. The second-order valence-corrected chi connectivity index (χ2v) is 10.8. The summed E-state index contributed by atoms with van der Waals surface area (Å²) in [6, 6.07) is 20.6. The van der Waals surface area contributed by atoms with Gasteiger partial charge in [-0.1, -0.05) is 18.2 Å². The highest BCUT2D eigenvalue weighted by Gasteiger charge is 2.24. The van der Waals surface area contributed by atoms with E-state index < -0.39 is 10.0 Å². The zero-order chi connectivity index (χ0) is 24.4. The van der Waals surface area contributed by atoms with Crippen molar-refractivity contribution in [1.82, 2.24) is 5.32 Å². The Kier molecular flexibility index (Phi) is 6.01. The van der Waals surface area contributed by atoms with Gasteiger partial charge in [-0.2, -0.15) is 0 Å². The maximum atomic E-state index is 12.9. The SMILES string of the molecule is N=C1c2ccoc2NCN1c1ccc(NS(=O)(=O)c2ccc(CNC(=O)c3ccccc3)s2)cc1. The predicted octanol–water partition coefficient (Wildman–Crippen LogP) is 4.29. The molecule has 0 spiro atoms. The van der Waals surface area contributed by atoms with E-state index in [4.69, 9.17) is 9.83 Å². The summed E-state index contributed by atoms with van der Waals surface area (Å²) < 4.78 is 33.8. The van der Waals surface area contributed by atoms with Gasteiger partial charge in [0.25, 0.3) is 15.9 Å². The molecule has 0 saturated carbocycles. The first-order valence-corrected chi connectivity index (χ1v) is 12.9. The quantitative estimate of drug-likeness (QED) is 0.296. The lowest BCUT2D eigenvalue weighted by Gasteiger charge is -2.29. The van der Waals surface area contributed by atoms with Gasteiger partial charge < -0.3 is 20.0 Å². The molecule has 0 atom stereocenters. The molecular formula is C24H21N5O4S2. The van der Waals surface area contributed by atoms with Crippen molar-refractivity contribution in [3.8, 4) is 0 Å². The summed E-state index contributed by atoms with van der Waals surface area (Å²) in [6.07, 6.45) is 1.53. The Balaban J connectivity index is 1.22. The molecule has 9 nitrogen and oxygen atoms in total. The van der Waals surface area contributed by atoms with Crippen LogP contribution in [-0.2, 0) is 16.6 Å². The van der Waals surface area contributed by atoms with Crippen molar-refractivity contribution in [1.29, 1.82) is 5.41 Å². The van der Waals surface area contributed by atoms with E-state index in [0.717, 1.165) is 21.9 Å². The van der Waals surface area contributed by atoms with Crippen LogP contribution >= 0.6 is 11.3 Å². The van der Waals surface area contributed by atoms with Gasteiger partial charge >= 0.3 is 0 Å². The third-order valence-electron chi connectivity index (χ3n) is 5.38. The second kappa shape index (κ2) is 9.28. The summed E-state index contributed by atoms with van der Waals surface area (Å²) in [7, 11) is -3.79. The Labute approximate surface area is 206 Å². The number of carbonyl (C=O) groups is 1. The molecule has 0 unspecified atom stereocenters. The number of amides is 1. The van der Waals surface area contributed by atoms with E-state index in [0.29, 0.717) is 35.2 Å². The number of rotatable bonds is 7. The number of amidine groups is 1. The highest BCUT2D eigenvalue weighted by atomic mass is 32.2. The molecular weight excluding hydrogens is 486 g/mol. The summed E-state index contributed by atoms with van der Waals surface area (Å²) in [4.78, 5) is 14.7. The number of sulfonamides is 1. The largest absolute Gasteiger partial charge is 0.448 e. The third-order valence-corrected chi connectivity index (χ3v) is 8.34. The molecule has 0 saturated heterocycles. The van der Waals surface area contributed by atoms with Crippen LogP contribution in [0.4, 0.5) is 17.3 Å². The van der Waals surface area contributed by atoms with E-state index in [-0.39, 0.29) is 16.7 Å². The zero-order valence-corrected chi connectivity index (χ0v) is 19.9.